The van der Waals surface area contributed by atoms with Crippen molar-refractivity contribution in [2.75, 3.05) is 5.73 Å². The van der Waals surface area contributed by atoms with Crippen molar-refractivity contribution in [3.63, 3.8) is 0 Å². The van der Waals surface area contributed by atoms with Gasteiger partial charge in [-0.15, -0.1) is 0 Å². The fourth-order valence-corrected chi connectivity index (χ4v) is 1.37. The number of allylic oxidation sites excluding steroid dienone is 2. The molecule has 1 aromatic carbocycles. The van der Waals surface area contributed by atoms with Crippen molar-refractivity contribution < 1.29 is 0 Å². The van der Waals surface area contributed by atoms with Gasteiger partial charge in [0.25, 0.3) is 0 Å². The van der Waals surface area contributed by atoms with E-state index in [1.165, 1.54) is 11.1 Å². The molecule has 0 atom stereocenters. The molecular weight excluding hydrogens is 134 g/mol. The zero-order valence-corrected chi connectivity index (χ0v) is 6.25. The molecule has 55 valence electrons. The van der Waals surface area contributed by atoms with Crippen molar-refractivity contribution >= 4 is 5.69 Å². The topological polar surface area (TPSA) is 26.0 Å². The van der Waals surface area contributed by atoms with Crippen LogP contribution >= 0.6 is 0 Å². The Morgan fingerprint density at radius 3 is 3.00 bits per heavy atom. The lowest BCUT2D eigenvalue weighted by Gasteiger charge is -2.11. The first-order valence-corrected chi connectivity index (χ1v) is 3.75. The summed E-state index contributed by atoms with van der Waals surface area (Å²) in [6.07, 6.45) is 7.26. The van der Waals surface area contributed by atoms with E-state index in [0.717, 1.165) is 12.1 Å². The van der Waals surface area contributed by atoms with Gasteiger partial charge in [-0.05, 0) is 23.6 Å². The summed E-state index contributed by atoms with van der Waals surface area (Å²) in [7, 11) is 0. The Bertz CT molecular complexity index is 300. The van der Waals surface area contributed by atoms with Crippen molar-refractivity contribution in [3.8, 4) is 0 Å². The molecule has 0 amide bonds. The molecule has 0 saturated heterocycles. The Morgan fingerprint density at radius 2 is 2.18 bits per heavy atom. The van der Waals surface area contributed by atoms with Crippen LogP contribution in [0.2, 0.25) is 0 Å². The normalized spacial score (nSPS) is 14.5. The number of hydrogen-bond acceptors (Lipinski definition) is 1. The van der Waals surface area contributed by atoms with E-state index in [2.05, 4.69) is 24.6 Å². The maximum absolute atomic E-state index is 5.79. The fraction of sp³-hybridized carbons (Fsp3) is 0.100. The Hall–Kier alpha value is -1.24. The predicted octanol–water partition coefficient (Wildman–Crippen LogP) is 1.93. The van der Waals surface area contributed by atoms with E-state index < -0.39 is 0 Å². The molecule has 0 fully saturated rings. The Balaban J connectivity index is 2.54. The zero-order valence-electron chi connectivity index (χ0n) is 6.25. The van der Waals surface area contributed by atoms with E-state index in [1.807, 2.05) is 12.1 Å². The summed E-state index contributed by atoms with van der Waals surface area (Å²) in [6.45, 7) is 0. The first-order chi connectivity index (χ1) is 5.38. The van der Waals surface area contributed by atoms with Crippen molar-refractivity contribution in [3.05, 3.63) is 47.9 Å². The number of benzene rings is 1. The molecule has 0 unspecified atom stereocenters. The van der Waals surface area contributed by atoms with E-state index in [1.54, 1.807) is 0 Å². The molecule has 1 aliphatic rings. The molecule has 0 bridgehead atoms. The lowest BCUT2D eigenvalue weighted by atomic mass is 9.96. The van der Waals surface area contributed by atoms with Gasteiger partial charge in [0.05, 0.1) is 0 Å². The van der Waals surface area contributed by atoms with Crippen LogP contribution in [0.25, 0.3) is 0 Å². The third-order valence-electron chi connectivity index (χ3n) is 1.98. The van der Waals surface area contributed by atoms with Crippen LogP contribution in [-0.2, 0) is 6.42 Å². The molecule has 1 radical (unpaired) electrons. The Morgan fingerprint density at radius 1 is 1.27 bits per heavy atom. The summed E-state index contributed by atoms with van der Waals surface area (Å²) in [5.74, 6) is 0. The minimum atomic E-state index is 0.906. The van der Waals surface area contributed by atoms with E-state index in [-0.39, 0.29) is 0 Å². The molecule has 11 heavy (non-hydrogen) atoms. The first kappa shape index (κ1) is 6.47. The van der Waals surface area contributed by atoms with Crippen molar-refractivity contribution in [2.45, 2.75) is 6.42 Å². The van der Waals surface area contributed by atoms with Gasteiger partial charge < -0.3 is 5.73 Å². The third-order valence-corrected chi connectivity index (χ3v) is 1.98. The van der Waals surface area contributed by atoms with Gasteiger partial charge in [0.15, 0.2) is 0 Å². The molecule has 0 saturated carbocycles. The van der Waals surface area contributed by atoms with Crippen LogP contribution in [0.1, 0.15) is 11.1 Å². The molecular formula is C10H10N. The average Bonchev–Trinajstić information content (AvgIpc) is 2.06. The number of nitrogen functional groups attached to an aromatic ring is 1. The summed E-state index contributed by atoms with van der Waals surface area (Å²) >= 11 is 0. The van der Waals surface area contributed by atoms with Crippen LogP contribution in [0.4, 0.5) is 5.69 Å². The van der Waals surface area contributed by atoms with Gasteiger partial charge in [-0.2, -0.15) is 0 Å². The molecule has 1 nitrogen and oxygen atoms in total. The third kappa shape index (κ3) is 1.03. The van der Waals surface area contributed by atoms with Gasteiger partial charge in [0.2, 0.25) is 0 Å². The van der Waals surface area contributed by atoms with Crippen molar-refractivity contribution in [1.29, 1.82) is 0 Å². The van der Waals surface area contributed by atoms with E-state index in [9.17, 15) is 0 Å². The number of hydrogen-bond donors (Lipinski definition) is 1. The lowest BCUT2D eigenvalue weighted by Crippen LogP contribution is -2.00. The van der Waals surface area contributed by atoms with Crippen LogP contribution in [-0.4, -0.2) is 0 Å². The number of nitrogens with two attached hydrogens (primary N) is 1. The van der Waals surface area contributed by atoms with E-state index in [0.29, 0.717) is 0 Å². The average molecular weight is 144 g/mol. The first-order valence-electron chi connectivity index (χ1n) is 3.75. The summed E-state index contributed by atoms with van der Waals surface area (Å²) in [5.41, 5.74) is 9.21. The van der Waals surface area contributed by atoms with Gasteiger partial charge in [-0.3, -0.25) is 0 Å². The molecule has 0 spiro atoms. The van der Waals surface area contributed by atoms with Gasteiger partial charge >= 0.3 is 0 Å². The van der Waals surface area contributed by atoms with Crippen LogP contribution in [0.5, 0.6) is 0 Å². The molecule has 0 aliphatic heterocycles. The highest BCUT2D eigenvalue weighted by Crippen LogP contribution is 2.22. The number of anilines is 1. The Kier molecular flexibility index (Phi) is 1.42. The van der Waals surface area contributed by atoms with Crippen LogP contribution in [0.3, 0.4) is 0 Å². The highest BCUT2D eigenvalue weighted by atomic mass is 14.6. The second-order valence-electron chi connectivity index (χ2n) is 2.71. The van der Waals surface area contributed by atoms with Crippen LogP contribution in [0.15, 0.2) is 30.4 Å². The highest BCUT2D eigenvalue weighted by molar-refractivity contribution is 5.56. The molecule has 0 aromatic heterocycles. The maximum Gasteiger partial charge on any atom is 0.0352 e. The number of fused-ring (bicyclic) bond motifs is 1. The molecule has 1 aromatic rings. The summed E-state index contributed by atoms with van der Waals surface area (Å²) in [4.78, 5) is 0. The number of rotatable bonds is 0. The monoisotopic (exact) mass is 144 g/mol. The molecule has 1 heteroatoms. The lowest BCUT2D eigenvalue weighted by molar-refractivity contribution is 1.20. The van der Waals surface area contributed by atoms with Crippen LogP contribution < -0.4 is 5.73 Å². The summed E-state index contributed by atoms with van der Waals surface area (Å²) in [6, 6.07) is 6.03. The van der Waals surface area contributed by atoms with E-state index in [4.69, 9.17) is 5.73 Å². The van der Waals surface area contributed by atoms with Gasteiger partial charge in [0, 0.05) is 12.1 Å². The molecule has 2 rings (SSSR count). The minimum absolute atomic E-state index is 0.906. The molecule has 0 heterocycles. The predicted molar refractivity (Wildman–Crippen MR) is 47.1 cm³/mol. The SMILES string of the molecule is Nc1cccc2c1CC=C[CH]2. The van der Waals surface area contributed by atoms with Crippen molar-refractivity contribution in [1.82, 2.24) is 0 Å². The largest absolute Gasteiger partial charge is 0.398 e. The molecule has 1 aliphatic carbocycles. The second kappa shape index (κ2) is 2.42. The Labute approximate surface area is 66.5 Å². The fourth-order valence-electron chi connectivity index (χ4n) is 1.37. The van der Waals surface area contributed by atoms with Crippen molar-refractivity contribution in [2.24, 2.45) is 0 Å². The van der Waals surface area contributed by atoms with Crippen LogP contribution in [0, 0.1) is 6.42 Å². The van der Waals surface area contributed by atoms with Gasteiger partial charge in [-0.25, -0.2) is 0 Å². The standard InChI is InChI=1S/C10H10N/c11-10-7-3-5-8-4-1-2-6-9(8)10/h1-5,7H,6,11H2. The quantitative estimate of drug-likeness (QED) is 0.553. The van der Waals surface area contributed by atoms with E-state index >= 15 is 0 Å². The summed E-state index contributed by atoms with van der Waals surface area (Å²) < 4.78 is 0. The minimum Gasteiger partial charge on any atom is -0.398 e. The van der Waals surface area contributed by atoms with Gasteiger partial charge in [0.1, 0.15) is 0 Å². The summed E-state index contributed by atoms with van der Waals surface area (Å²) in [5, 5.41) is 0. The van der Waals surface area contributed by atoms with Gasteiger partial charge in [-0.1, -0.05) is 24.3 Å². The smallest absolute Gasteiger partial charge is 0.0352 e. The highest BCUT2D eigenvalue weighted by Gasteiger charge is 2.06. The maximum atomic E-state index is 5.79. The zero-order chi connectivity index (χ0) is 7.68. The second-order valence-corrected chi connectivity index (χ2v) is 2.71. The molecule has 2 N–H and O–H groups in total.